The van der Waals surface area contributed by atoms with Crippen molar-refractivity contribution in [2.45, 2.75) is 180 Å². The molecule has 0 saturated heterocycles. The van der Waals surface area contributed by atoms with Gasteiger partial charge in [-0.3, -0.25) is 9.59 Å². The van der Waals surface area contributed by atoms with Crippen LogP contribution in [0.15, 0.2) is 209 Å². The first-order valence-electron chi connectivity index (χ1n) is 30.5. The number of ketones is 2. The first kappa shape index (κ1) is 61.7. The number of carbonyl (C=O) groups is 2. The minimum absolute atomic E-state index is 0.0811. The lowest BCUT2D eigenvalue weighted by atomic mass is 9.77. The largest absolute Gasteiger partial charge is 0.416 e. The molecule has 0 N–H and O–H groups in total. The number of benzene rings is 8. The van der Waals surface area contributed by atoms with E-state index in [4.69, 9.17) is 0 Å². The molecule has 12 heteroatoms. The normalized spacial score (nSPS) is 18.0. The smallest absolute Gasteiger partial charge is 0.288 e. The molecule has 2 saturated carbocycles. The maximum Gasteiger partial charge on any atom is 0.416 e. The Morgan fingerprint density at radius 2 is 0.593 bits per heavy atom. The lowest BCUT2D eigenvalue weighted by Gasteiger charge is -2.29. The third-order valence-electron chi connectivity index (χ3n) is 17.7. The van der Waals surface area contributed by atoms with Crippen LogP contribution in [0.4, 0.5) is 26.3 Å². The van der Waals surface area contributed by atoms with Gasteiger partial charge in [0.25, 0.3) is 0 Å². The Bertz CT molecular complexity index is 3380. The Morgan fingerprint density at radius 3 is 0.849 bits per heavy atom. The summed E-state index contributed by atoms with van der Waals surface area (Å²) in [5, 5.41) is 0. The summed E-state index contributed by atoms with van der Waals surface area (Å²) in [5.41, 5.74) is 6.01. The van der Waals surface area contributed by atoms with Gasteiger partial charge in [0.05, 0.1) is 11.1 Å². The lowest BCUT2D eigenvalue weighted by Crippen LogP contribution is -2.24. The summed E-state index contributed by atoms with van der Waals surface area (Å²) in [6.45, 7) is 4.53. The van der Waals surface area contributed by atoms with E-state index in [9.17, 15) is 26.3 Å². The highest BCUT2D eigenvalue weighted by molar-refractivity contribution is 8.00. The monoisotopic (exact) mass is 1230 g/mol. The zero-order chi connectivity index (χ0) is 60.0. The molecule has 3 aliphatic carbocycles. The second-order valence-corrected chi connectivity index (χ2v) is 27.9. The third-order valence-corrected chi connectivity index (χ3v) is 22.0. The standard InChI is InChI=1S/C74H70F6O2S4/c1-3-5-7-9-47-11-15-49(16-12-47)51-19-23-53(24-20-51)55-27-35-59(36-28-55)83-63-43-44-64(84-60-37-29-56(30-38-60)54-25-21-52(22-26-54)50-17-13-48(14-18-50)10-8-6-4-2)68-67(63)71(81)69-65(85-61-39-31-57(32-40-61)73(75,76)77)45-46-66(70(69)72(68)82)86-62-41-33-58(34-42-62)74(78,79)80/h19-50H,3-18H2,1-2H3. The first-order valence-corrected chi connectivity index (χ1v) is 33.8. The van der Waals surface area contributed by atoms with Crippen molar-refractivity contribution >= 4 is 58.6 Å². The highest BCUT2D eigenvalue weighted by Crippen LogP contribution is 2.50. The first-order chi connectivity index (χ1) is 41.6. The number of fused-ring (bicyclic) bond motifs is 2. The molecule has 0 atom stereocenters. The summed E-state index contributed by atoms with van der Waals surface area (Å²) in [5.74, 6) is 1.98. The highest BCUT2D eigenvalue weighted by Gasteiger charge is 2.39. The molecule has 0 aliphatic heterocycles. The molecule has 8 aromatic carbocycles. The minimum Gasteiger partial charge on any atom is -0.288 e. The Labute approximate surface area is 519 Å². The maximum atomic E-state index is 15.8. The van der Waals surface area contributed by atoms with Crippen LogP contribution >= 0.6 is 47.0 Å². The van der Waals surface area contributed by atoms with Gasteiger partial charge in [-0.2, -0.15) is 26.3 Å². The molecule has 2 fully saturated rings. The van der Waals surface area contributed by atoms with E-state index in [0.717, 1.165) is 91.7 Å². The van der Waals surface area contributed by atoms with E-state index in [1.807, 2.05) is 36.4 Å². The topological polar surface area (TPSA) is 34.1 Å². The second-order valence-electron chi connectivity index (χ2n) is 23.5. The van der Waals surface area contributed by atoms with Gasteiger partial charge in [0.1, 0.15) is 0 Å². The molecule has 8 aromatic rings. The average molecular weight is 1230 g/mol. The van der Waals surface area contributed by atoms with E-state index in [1.165, 1.54) is 162 Å². The quantitative estimate of drug-likeness (QED) is 0.0559. The predicted octanol–water partition coefficient (Wildman–Crippen LogP) is 24.1. The SMILES string of the molecule is CCCCCC1CCC(c2ccc(-c3ccc(Sc4ccc(Sc5ccc(-c6ccc(C7CCC(CCCCC)CC7)cc6)cc5)c5c4C(=O)c4c(Sc6ccc(C(F)(F)F)cc6)ccc(Sc6ccc(C(F)(F)F)cc6)c4C5=O)cc3)cc2)CC1. The van der Waals surface area contributed by atoms with Crippen LogP contribution in [0.5, 0.6) is 0 Å². The Hall–Kier alpha value is -5.92. The minimum atomic E-state index is -4.56. The fraction of sp³-hybridized carbons (Fsp3) is 0.324. The van der Waals surface area contributed by atoms with E-state index >= 15 is 9.59 Å². The molecule has 0 bridgehead atoms. The number of hydrogen-bond acceptors (Lipinski definition) is 6. The van der Waals surface area contributed by atoms with E-state index in [1.54, 1.807) is 12.1 Å². The fourth-order valence-corrected chi connectivity index (χ4v) is 16.6. The molecule has 444 valence electrons. The lowest BCUT2D eigenvalue weighted by molar-refractivity contribution is -0.138. The molecule has 0 unspecified atom stereocenters. The molecule has 0 amide bonds. The van der Waals surface area contributed by atoms with Crippen molar-refractivity contribution in [1.82, 2.24) is 0 Å². The molecule has 0 heterocycles. The molecule has 3 aliphatic rings. The van der Waals surface area contributed by atoms with Crippen molar-refractivity contribution in [2.24, 2.45) is 11.8 Å². The molecule has 2 nitrogen and oxygen atoms in total. The summed E-state index contributed by atoms with van der Waals surface area (Å²) in [4.78, 5) is 35.9. The van der Waals surface area contributed by atoms with Crippen LogP contribution in [0.25, 0.3) is 22.3 Å². The highest BCUT2D eigenvalue weighted by atomic mass is 32.2. The van der Waals surface area contributed by atoms with Crippen LogP contribution in [0, 0.1) is 11.8 Å². The Kier molecular flexibility index (Phi) is 19.8. The predicted molar refractivity (Wildman–Crippen MR) is 341 cm³/mol. The van der Waals surface area contributed by atoms with Crippen LogP contribution in [0.1, 0.15) is 183 Å². The van der Waals surface area contributed by atoms with Crippen LogP contribution in [0.2, 0.25) is 0 Å². The van der Waals surface area contributed by atoms with Gasteiger partial charge in [-0.15, -0.1) is 0 Å². The number of unbranched alkanes of at least 4 members (excludes halogenated alkanes) is 4. The maximum absolute atomic E-state index is 15.8. The molecule has 0 aromatic heterocycles. The molecule has 0 spiro atoms. The van der Waals surface area contributed by atoms with Gasteiger partial charge in [0.2, 0.25) is 0 Å². The van der Waals surface area contributed by atoms with Crippen LogP contribution in [-0.4, -0.2) is 11.6 Å². The van der Waals surface area contributed by atoms with Crippen LogP contribution < -0.4 is 0 Å². The zero-order valence-corrected chi connectivity index (χ0v) is 51.8. The van der Waals surface area contributed by atoms with E-state index in [0.29, 0.717) is 41.2 Å². The molecule has 0 radical (unpaired) electrons. The number of carbonyl (C=O) groups excluding carboxylic acids is 2. The third kappa shape index (κ3) is 14.6. The summed E-state index contributed by atoms with van der Waals surface area (Å²) >= 11 is 4.89. The van der Waals surface area contributed by atoms with E-state index < -0.39 is 35.0 Å². The van der Waals surface area contributed by atoms with Crippen molar-refractivity contribution in [1.29, 1.82) is 0 Å². The summed E-state index contributed by atoms with van der Waals surface area (Å²) in [7, 11) is 0. The van der Waals surface area contributed by atoms with Crippen molar-refractivity contribution in [3.8, 4) is 22.3 Å². The van der Waals surface area contributed by atoms with Crippen LogP contribution in [0.3, 0.4) is 0 Å². The van der Waals surface area contributed by atoms with Crippen molar-refractivity contribution in [3.63, 3.8) is 0 Å². The van der Waals surface area contributed by atoms with Gasteiger partial charge in [-0.05, 0) is 205 Å². The van der Waals surface area contributed by atoms with Crippen molar-refractivity contribution < 1.29 is 35.9 Å². The van der Waals surface area contributed by atoms with E-state index in [2.05, 4.69) is 86.6 Å². The van der Waals surface area contributed by atoms with Gasteiger partial charge in [-0.1, -0.05) is 185 Å². The number of halogens is 6. The summed E-state index contributed by atoms with van der Waals surface area (Å²) in [6, 6.07) is 50.6. The fourth-order valence-electron chi connectivity index (χ4n) is 12.8. The van der Waals surface area contributed by atoms with Gasteiger partial charge >= 0.3 is 12.4 Å². The van der Waals surface area contributed by atoms with Crippen LogP contribution in [-0.2, 0) is 12.4 Å². The number of alkyl halides is 6. The Balaban J connectivity index is 0.904. The average Bonchev–Trinajstić information content (AvgIpc) is 0.812. The van der Waals surface area contributed by atoms with Gasteiger partial charge < -0.3 is 0 Å². The van der Waals surface area contributed by atoms with Crippen molar-refractivity contribution in [2.75, 3.05) is 0 Å². The van der Waals surface area contributed by atoms with Gasteiger partial charge in [0.15, 0.2) is 11.6 Å². The summed E-state index contributed by atoms with van der Waals surface area (Å²) < 4.78 is 82.4. The van der Waals surface area contributed by atoms with E-state index in [-0.39, 0.29) is 22.3 Å². The van der Waals surface area contributed by atoms with Gasteiger partial charge in [0, 0.05) is 61.4 Å². The Morgan fingerprint density at radius 1 is 0.337 bits per heavy atom. The molecular formula is C74H70F6O2S4. The number of hydrogen-bond donors (Lipinski definition) is 0. The van der Waals surface area contributed by atoms with Crippen molar-refractivity contribution in [3.05, 3.63) is 214 Å². The summed E-state index contributed by atoms with van der Waals surface area (Å²) in [6.07, 6.45) is 11.5. The van der Waals surface area contributed by atoms with Gasteiger partial charge in [-0.25, -0.2) is 0 Å². The zero-order valence-electron chi connectivity index (χ0n) is 48.5. The molecule has 86 heavy (non-hydrogen) atoms. The molecular weight excluding hydrogens is 1160 g/mol. The number of rotatable bonds is 20. The molecule has 11 rings (SSSR count). The second kappa shape index (κ2) is 27.6.